The summed E-state index contributed by atoms with van der Waals surface area (Å²) in [6, 6.07) is 7.22. The van der Waals surface area contributed by atoms with Gasteiger partial charge in [-0.15, -0.1) is 0 Å². The number of carbonyl (C=O) groups is 2. The van der Waals surface area contributed by atoms with Gasteiger partial charge in [0, 0.05) is 0 Å². The predicted molar refractivity (Wildman–Crippen MR) is 35.0 cm³/mol. The van der Waals surface area contributed by atoms with Crippen LogP contribution in [0.15, 0.2) is 18.2 Å². The van der Waals surface area contributed by atoms with Gasteiger partial charge in [0.2, 0.25) is 0 Å². The first-order chi connectivity index (χ1) is 5.29. The summed E-state index contributed by atoms with van der Waals surface area (Å²) in [5, 5.41) is 0. The van der Waals surface area contributed by atoms with E-state index in [1.807, 2.05) is 0 Å². The second kappa shape index (κ2) is 3.09. The fourth-order valence-corrected chi connectivity index (χ4v) is 0.971. The Kier molecular flexibility index (Phi) is 2.31. The van der Waals surface area contributed by atoms with Crippen molar-refractivity contribution in [2.24, 2.45) is 0 Å². The number of esters is 2. The summed E-state index contributed by atoms with van der Waals surface area (Å²) in [5.74, 6) is -1.15. The van der Waals surface area contributed by atoms with Gasteiger partial charge in [-0.05, 0) is 11.1 Å². The Bertz CT molecular complexity index is 313. The molecular formula is C8H3CuO3. The molecule has 0 aliphatic carbocycles. The molecule has 4 heteroatoms. The number of benzene rings is 1. The van der Waals surface area contributed by atoms with Gasteiger partial charge in [0.05, 0.1) is 0 Å². The number of cyclic esters (lactones) is 2. The molecule has 1 aliphatic heterocycles. The molecule has 0 unspecified atom stereocenters. The Balaban J connectivity index is 0.000000720. The molecule has 0 N–H and O–H groups in total. The van der Waals surface area contributed by atoms with Crippen LogP contribution >= 0.6 is 0 Å². The molecule has 1 aromatic rings. The number of carbonyl (C=O) groups excluding carboxylic acids is 2. The standard InChI is InChI=1S/C8H3O3.Cu/c9-7-5-3-1-2-4-6(5)8(10)11-7;/h1,3-4H;/q-1;+1. The normalized spacial score (nSPS) is 13.3. The molecule has 0 fully saturated rings. The van der Waals surface area contributed by atoms with Crippen molar-refractivity contribution in [3.05, 3.63) is 35.4 Å². The van der Waals surface area contributed by atoms with Crippen LogP contribution in [0.4, 0.5) is 0 Å². The molecule has 1 heterocycles. The van der Waals surface area contributed by atoms with Crippen LogP contribution in [-0.2, 0) is 21.8 Å². The Morgan fingerprint density at radius 1 is 1.17 bits per heavy atom. The summed E-state index contributed by atoms with van der Waals surface area (Å²) in [5.41, 5.74) is 0.631. The van der Waals surface area contributed by atoms with Gasteiger partial charge in [-0.3, -0.25) is 4.79 Å². The molecule has 1 aliphatic rings. The molecule has 0 saturated carbocycles. The quantitative estimate of drug-likeness (QED) is 0.275. The molecule has 0 amide bonds. The predicted octanol–water partition coefficient (Wildman–Crippen LogP) is 0.795. The average molecular weight is 211 g/mol. The van der Waals surface area contributed by atoms with Crippen LogP contribution in [0.25, 0.3) is 0 Å². The van der Waals surface area contributed by atoms with Gasteiger partial charge in [0.15, 0.2) is 0 Å². The summed E-state index contributed by atoms with van der Waals surface area (Å²) >= 11 is 0. The SMILES string of the molecule is O=C1OC(=O)c2cc[c-]cc21.[Cu+]. The fraction of sp³-hybridized carbons (Fsp3) is 0. The average Bonchev–Trinajstić information content (AvgIpc) is 2.30. The number of hydrogen-bond acceptors (Lipinski definition) is 3. The van der Waals surface area contributed by atoms with Crippen LogP contribution in [0.3, 0.4) is 0 Å². The molecule has 0 bridgehead atoms. The minimum absolute atomic E-state index is 0. The third-order valence-electron chi connectivity index (χ3n) is 1.49. The molecule has 2 rings (SSSR count). The van der Waals surface area contributed by atoms with Crippen molar-refractivity contribution in [1.29, 1.82) is 0 Å². The maximum atomic E-state index is 10.8. The fourth-order valence-electron chi connectivity index (χ4n) is 0.971. The second-order valence-electron chi connectivity index (χ2n) is 2.15. The topological polar surface area (TPSA) is 43.4 Å². The van der Waals surface area contributed by atoms with Crippen LogP contribution in [0, 0.1) is 6.07 Å². The largest absolute Gasteiger partial charge is 1.00 e. The van der Waals surface area contributed by atoms with E-state index in [9.17, 15) is 9.59 Å². The Morgan fingerprint density at radius 3 is 2.50 bits per heavy atom. The first-order valence-corrected chi connectivity index (χ1v) is 3.05. The molecule has 0 saturated heterocycles. The van der Waals surface area contributed by atoms with Crippen LogP contribution in [0.5, 0.6) is 0 Å². The van der Waals surface area contributed by atoms with Gasteiger partial charge in [0.1, 0.15) is 0 Å². The van der Waals surface area contributed by atoms with E-state index in [0.29, 0.717) is 11.1 Å². The number of ether oxygens (including phenoxy) is 1. The smallest absolute Gasteiger partial charge is 0.397 e. The van der Waals surface area contributed by atoms with E-state index >= 15 is 0 Å². The molecule has 0 radical (unpaired) electrons. The van der Waals surface area contributed by atoms with Gasteiger partial charge < -0.3 is 4.74 Å². The molecule has 3 nitrogen and oxygen atoms in total. The maximum absolute atomic E-state index is 10.8. The van der Waals surface area contributed by atoms with E-state index in [-0.39, 0.29) is 17.1 Å². The van der Waals surface area contributed by atoms with Crippen LogP contribution < -0.4 is 0 Å². The van der Waals surface area contributed by atoms with Crippen molar-refractivity contribution >= 4 is 11.9 Å². The number of rotatable bonds is 0. The van der Waals surface area contributed by atoms with Gasteiger partial charge in [0.25, 0.3) is 5.97 Å². The maximum Gasteiger partial charge on any atom is 1.00 e. The number of fused-ring (bicyclic) bond motifs is 1. The minimum atomic E-state index is -0.582. The van der Waals surface area contributed by atoms with Crippen molar-refractivity contribution in [1.82, 2.24) is 0 Å². The van der Waals surface area contributed by atoms with E-state index in [4.69, 9.17) is 0 Å². The van der Waals surface area contributed by atoms with E-state index < -0.39 is 11.9 Å². The van der Waals surface area contributed by atoms with Crippen molar-refractivity contribution in [3.63, 3.8) is 0 Å². The first kappa shape index (κ1) is 8.97. The van der Waals surface area contributed by atoms with Gasteiger partial charge in [-0.25, -0.2) is 4.79 Å². The summed E-state index contributed by atoms with van der Waals surface area (Å²) in [4.78, 5) is 21.6. The van der Waals surface area contributed by atoms with Crippen molar-refractivity contribution < 1.29 is 31.4 Å². The van der Waals surface area contributed by atoms with Crippen LogP contribution in [0.1, 0.15) is 20.7 Å². The third-order valence-corrected chi connectivity index (χ3v) is 1.49. The van der Waals surface area contributed by atoms with E-state index in [1.54, 1.807) is 6.07 Å². The molecule has 64 valence electrons. The van der Waals surface area contributed by atoms with Crippen LogP contribution in [-0.4, -0.2) is 11.9 Å². The van der Waals surface area contributed by atoms with Gasteiger partial charge in [-0.1, -0.05) is 0 Å². The van der Waals surface area contributed by atoms with E-state index in [0.717, 1.165) is 0 Å². The second-order valence-corrected chi connectivity index (χ2v) is 2.15. The van der Waals surface area contributed by atoms with Crippen LogP contribution in [0.2, 0.25) is 0 Å². The zero-order valence-electron chi connectivity index (χ0n) is 5.76. The molecule has 0 spiro atoms. The van der Waals surface area contributed by atoms with Crippen molar-refractivity contribution in [3.8, 4) is 0 Å². The van der Waals surface area contributed by atoms with E-state index in [1.165, 1.54) is 12.1 Å². The molecule has 0 atom stereocenters. The van der Waals surface area contributed by atoms with Gasteiger partial charge >= 0.3 is 23.0 Å². The van der Waals surface area contributed by atoms with Gasteiger partial charge in [-0.2, -0.15) is 24.3 Å². The summed E-state index contributed by atoms with van der Waals surface area (Å²) < 4.78 is 4.33. The van der Waals surface area contributed by atoms with Crippen molar-refractivity contribution in [2.45, 2.75) is 0 Å². The van der Waals surface area contributed by atoms with E-state index in [2.05, 4.69) is 10.8 Å². The Labute approximate surface area is 79.2 Å². The number of hydrogen-bond donors (Lipinski definition) is 0. The molecule has 0 aromatic heterocycles. The summed E-state index contributed by atoms with van der Waals surface area (Å²) in [7, 11) is 0. The summed E-state index contributed by atoms with van der Waals surface area (Å²) in [6.07, 6.45) is 0. The molecule has 12 heavy (non-hydrogen) atoms. The zero-order valence-corrected chi connectivity index (χ0v) is 6.70. The summed E-state index contributed by atoms with van der Waals surface area (Å²) in [6.45, 7) is 0. The van der Waals surface area contributed by atoms with Crippen molar-refractivity contribution in [2.75, 3.05) is 0 Å². The monoisotopic (exact) mass is 210 g/mol. The minimum Gasteiger partial charge on any atom is -0.397 e. The zero-order chi connectivity index (χ0) is 7.84. The Morgan fingerprint density at radius 2 is 1.83 bits per heavy atom. The molecular weight excluding hydrogens is 208 g/mol. The molecule has 1 aromatic carbocycles. The first-order valence-electron chi connectivity index (χ1n) is 3.05. The Hall–Kier alpha value is -1.12. The third kappa shape index (κ3) is 1.15.